The van der Waals surface area contributed by atoms with Crippen LogP contribution in [0.5, 0.6) is 5.75 Å². The summed E-state index contributed by atoms with van der Waals surface area (Å²) in [6, 6.07) is 8.09. The minimum Gasteiger partial charge on any atom is -0.497 e. The molecule has 0 spiro atoms. The number of hydrogen-bond acceptors (Lipinski definition) is 3. The van der Waals surface area contributed by atoms with Crippen LogP contribution in [-0.2, 0) is 4.84 Å². The molecule has 1 heterocycles. The summed E-state index contributed by atoms with van der Waals surface area (Å²) in [5.74, 6) is 0.891. The van der Waals surface area contributed by atoms with Gasteiger partial charge in [0.15, 0.2) is 0 Å². The van der Waals surface area contributed by atoms with Gasteiger partial charge in [0.1, 0.15) is 5.75 Å². The van der Waals surface area contributed by atoms with Crippen molar-refractivity contribution in [2.75, 3.05) is 27.3 Å². The predicted octanol–water partition coefficient (Wildman–Crippen LogP) is 1.96. The molecule has 0 radical (unpaired) electrons. The van der Waals surface area contributed by atoms with Crippen molar-refractivity contribution in [2.24, 2.45) is 0 Å². The van der Waals surface area contributed by atoms with Gasteiger partial charge in [0.05, 0.1) is 13.7 Å². The van der Waals surface area contributed by atoms with Gasteiger partial charge < -0.3 is 4.74 Å². The molecule has 1 aromatic rings. The fourth-order valence-corrected chi connectivity index (χ4v) is 1.65. The van der Waals surface area contributed by atoms with Gasteiger partial charge in [0.25, 0.3) is 0 Å². The third-order valence-electron chi connectivity index (χ3n) is 2.46. The first-order valence-electron chi connectivity index (χ1n) is 4.97. The monoisotopic (exact) mass is 205 g/mol. The molecule has 0 atom stereocenters. The number of hydroxylamine groups is 2. The Morgan fingerprint density at radius 1 is 1.40 bits per heavy atom. The Bertz CT molecular complexity index is 374. The zero-order valence-corrected chi connectivity index (χ0v) is 9.06. The summed E-state index contributed by atoms with van der Waals surface area (Å²) in [7, 11) is 3.62. The molecule has 15 heavy (non-hydrogen) atoms. The summed E-state index contributed by atoms with van der Waals surface area (Å²) in [5.41, 5.74) is 2.48. The first-order valence-corrected chi connectivity index (χ1v) is 4.97. The molecule has 1 aromatic carbocycles. The summed E-state index contributed by atoms with van der Waals surface area (Å²) >= 11 is 0. The van der Waals surface area contributed by atoms with E-state index in [4.69, 9.17) is 9.57 Å². The molecule has 0 saturated carbocycles. The molecule has 3 nitrogen and oxygen atoms in total. The highest BCUT2D eigenvalue weighted by molar-refractivity contribution is 5.68. The van der Waals surface area contributed by atoms with E-state index in [-0.39, 0.29) is 0 Å². The number of ether oxygens (including phenoxy) is 1. The first-order chi connectivity index (χ1) is 7.29. The molecular formula is C12H15NO2. The number of hydrogen-bond donors (Lipinski definition) is 0. The van der Waals surface area contributed by atoms with Gasteiger partial charge in [0.2, 0.25) is 0 Å². The van der Waals surface area contributed by atoms with E-state index in [1.165, 1.54) is 11.1 Å². The van der Waals surface area contributed by atoms with E-state index >= 15 is 0 Å². The van der Waals surface area contributed by atoms with Gasteiger partial charge >= 0.3 is 0 Å². The van der Waals surface area contributed by atoms with Crippen LogP contribution >= 0.6 is 0 Å². The van der Waals surface area contributed by atoms with Crippen molar-refractivity contribution in [1.29, 1.82) is 0 Å². The molecule has 0 saturated heterocycles. The summed E-state index contributed by atoms with van der Waals surface area (Å²) in [6.07, 6.45) is 2.11. The smallest absolute Gasteiger partial charge is 0.119 e. The molecule has 0 amide bonds. The minimum absolute atomic E-state index is 0.642. The first kappa shape index (κ1) is 10.2. The normalized spacial score (nSPS) is 17.3. The van der Waals surface area contributed by atoms with Crippen LogP contribution in [0.2, 0.25) is 0 Å². The highest BCUT2D eigenvalue weighted by atomic mass is 16.7. The maximum absolute atomic E-state index is 5.31. The fraction of sp³-hybridized carbons (Fsp3) is 0.333. The molecule has 2 rings (SSSR count). The molecule has 80 valence electrons. The second-order valence-electron chi connectivity index (χ2n) is 3.54. The van der Waals surface area contributed by atoms with E-state index in [1.54, 1.807) is 7.11 Å². The predicted molar refractivity (Wildman–Crippen MR) is 59.6 cm³/mol. The highest BCUT2D eigenvalue weighted by Gasteiger charge is 2.11. The Kier molecular flexibility index (Phi) is 3.04. The van der Waals surface area contributed by atoms with Crippen LogP contribution in [-0.4, -0.2) is 32.4 Å². The molecule has 0 bridgehead atoms. The lowest BCUT2D eigenvalue weighted by atomic mass is 10.0. The van der Waals surface area contributed by atoms with Gasteiger partial charge in [-0.3, -0.25) is 4.84 Å². The third kappa shape index (κ3) is 2.37. The van der Waals surface area contributed by atoms with Crippen molar-refractivity contribution >= 4 is 5.57 Å². The highest BCUT2D eigenvalue weighted by Crippen LogP contribution is 2.22. The maximum atomic E-state index is 5.31. The zero-order valence-electron chi connectivity index (χ0n) is 9.06. The second kappa shape index (κ2) is 4.47. The summed E-state index contributed by atoms with van der Waals surface area (Å²) in [4.78, 5) is 5.31. The van der Waals surface area contributed by atoms with Crippen LogP contribution in [0.1, 0.15) is 5.56 Å². The molecule has 0 N–H and O–H groups in total. The lowest BCUT2D eigenvalue weighted by molar-refractivity contribution is -0.122. The van der Waals surface area contributed by atoms with Crippen molar-refractivity contribution < 1.29 is 9.57 Å². The van der Waals surface area contributed by atoms with Crippen molar-refractivity contribution in [3.63, 3.8) is 0 Å². The van der Waals surface area contributed by atoms with E-state index in [9.17, 15) is 0 Å². The van der Waals surface area contributed by atoms with Gasteiger partial charge in [-0.25, -0.2) is 0 Å². The molecule has 0 aromatic heterocycles. The lowest BCUT2D eigenvalue weighted by Gasteiger charge is -2.23. The van der Waals surface area contributed by atoms with Crippen molar-refractivity contribution in [2.45, 2.75) is 0 Å². The average molecular weight is 205 g/mol. The molecule has 0 unspecified atom stereocenters. The maximum Gasteiger partial charge on any atom is 0.119 e. The van der Waals surface area contributed by atoms with Crippen LogP contribution in [0.25, 0.3) is 5.57 Å². The van der Waals surface area contributed by atoms with E-state index in [2.05, 4.69) is 12.1 Å². The molecule has 0 fully saturated rings. The SMILES string of the molecule is COc1cccc(C2=CCON(C)C2)c1. The van der Waals surface area contributed by atoms with E-state index < -0.39 is 0 Å². The number of benzene rings is 1. The van der Waals surface area contributed by atoms with Crippen molar-refractivity contribution in [3.05, 3.63) is 35.9 Å². The molecule has 1 aliphatic rings. The molecule has 0 aliphatic carbocycles. The fourth-order valence-electron chi connectivity index (χ4n) is 1.65. The third-order valence-corrected chi connectivity index (χ3v) is 2.46. The quantitative estimate of drug-likeness (QED) is 0.736. The average Bonchev–Trinajstić information content (AvgIpc) is 2.29. The Balaban J connectivity index is 2.24. The van der Waals surface area contributed by atoms with Gasteiger partial charge in [-0.15, -0.1) is 0 Å². The second-order valence-corrected chi connectivity index (χ2v) is 3.54. The number of methoxy groups -OCH3 is 1. The van der Waals surface area contributed by atoms with Crippen LogP contribution in [0.4, 0.5) is 0 Å². The standard InChI is InChI=1S/C12H15NO2/c1-13-9-11(6-7-15-13)10-4-3-5-12(8-10)14-2/h3-6,8H,7,9H2,1-2H3. The van der Waals surface area contributed by atoms with Crippen molar-refractivity contribution in [1.82, 2.24) is 5.06 Å². The molecule has 1 aliphatic heterocycles. The Morgan fingerprint density at radius 3 is 3.00 bits per heavy atom. The molecule has 3 heteroatoms. The van der Waals surface area contributed by atoms with Crippen molar-refractivity contribution in [3.8, 4) is 5.75 Å². The van der Waals surface area contributed by atoms with E-state index in [1.807, 2.05) is 30.3 Å². The van der Waals surface area contributed by atoms with Gasteiger partial charge in [-0.05, 0) is 23.3 Å². The van der Waals surface area contributed by atoms with Crippen LogP contribution < -0.4 is 4.74 Å². The number of nitrogens with zero attached hydrogens (tertiary/aromatic N) is 1. The number of rotatable bonds is 2. The number of likely N-dealkylation sites (N-methyl/N-ethyl adjacent to an activating group) is 1. The van der Waals surface area contributed by atoms with Crippen LogP contribution in [0.3, 0.4) is 0 Å². The summed E-state index contributed by atoms with van der Waals surface area (Å²) < 4.78 is 5.20. The van der Waals surface area contributed by atoms with Gasteiger partial charge in [-0.1, -0.05) is 18.2 Å². The topological polar surface area (TPSA) is 21.7 Å². The summed E-state index contributed by atoms with van der Waals surface area (Å²) in [6.45, 7) is 1.45. The lowest BCUT2D eigenvalue weighted by Crippen LogP contribution is -2.25. The van der Waals surface area contributed by atoms with Gasteiger partial charge in [-0.2, -0.15) is 5.06 Å². The minimum atomic E-state index is 0.642. The molecular weight excluding hydrogens is 190 g/mol. The van der Waals surface area contributed by atoms with Crippen LogP contribution in [0, 0.1) is 0 Å². The van der Waals surface area contributed by atoms with E-state index in [0.717, 1.165) is 12.3 Å². The van der Waals surface area contributed by atoms with Crippen LogP contribution in [0.15, 0.2) is 30.3 Å². The zero-order chi connectivity index (χ0) is 10.7. The largest absolute Gasteiger partial charge is 0.497 e. The Labute approximate surface area is 89.9 Å². The van der Waals surface area contributed by atoms with Gasteiger partial charge in [0, 0.05) is 13.6 Å². The Hall–Kier alpha value is -1.32. The Morgan fingerprint density at radius 2 is 2.27 bits per heavy atom. The summed E-state index contributed by atoms with van der Waals surface area (Å²) in [5, 5.41) is 1.84. The van der Waals surface area contributed by atoms with E-state index in [0.29, 0.717) is 6.61 Å².